The Morgan fingerprint density at radius 2 is 1.57 bits per heavy atom. The molecule has 5 rings (SSSR count). The van der Waals surface area contributed by atoms with Crippen LogP contribution in [0.5, 0.6) is 0 Å². The van der Waals surface area contributed by atoms with Crippen LogP contribution in [0.1, 0.15) is 32.4 Å². The van der Waals surface area contributed by atoms with Crippen molar-refractivity contribution in [2.45, 2.75) is 12.5 Å². The van der Waals surface area contributed by atoms with Gasteiger partial charge in [0.2, 0.25) is 0 Å². The van der Waals surface area contributed by atoms with Crippen molar-refractivity contribution in [3.8, 4) is 11.1 Å². The van der Waals surface area contributed by atoms with E-state index in [2.05, 4.69) is 23.6 Å². The first kappa shape index (κ1) is 18.8. The van der Waals surface area contributed by atoms with Crippen molar-refractivity contribution in [3.63, 3.8) is 0 Å². The van der Waals surface area contributed by atoms with Crippen LogP contribution >= 0.6 is 11.3 Å². The number of fused-ring (bicyclic) bond motifs is 1. The zero-order chi connectivity index (χ0) is 20.5. The third-order valence-corrected chi connectivity index (χ3v) is 6.65. The molecule has 1 amide bonds. The van der Waals surface area contributed by atoms with Crippen molar-refractivity contribution in [2.24, 2.45) is 0 Å². The molecule has 0 aliphatic carbocycles. The van der Waals surface area contributed by atoms with Crippen LogP contribution in [0.3, 0.4) is 0 Å². The Hall–Kier alpha value is -3.24. The van der Waals surface area contributed by atoms with Gasteiger partial charge in [0.15, 0.2) is 0 Å². The number of amides is 1. The van der Waals surface area contributed by atoms with E-state index in [-0.39, 0.29) is 17.8 Å². The zero-order valence-corrected chi connectivity index (χ0v) is 17.1. The molecular formula is C26H20FNOS. The lowest BCUT2D eigenvalue weighted by molar-refractivity contribution is 0.0696. The van der Waals surface area contributed by atoms with Gasteiger partial charge in [-0.2, -0.15) is 0 Å². The summed E-state index contributed by atoms with van der Waals surface area (Å²) in [6.07, 6.45) is 0.846. The summed E-state index contributed by atoms with van der Waals surface area (Å²) < 4.78 is 13.5. The molecule has 4 aromatic rings. The number of carbonyl (C=O) groups excluding carboxylic acids is 1. The Kier molecular flexibility index (Phi) is 4.93. The molecule has 3 aromatic carbocycles. The van der Waals surface area contributed by atoms with Crippen LogP contribution in [0, 0.1) is 5.82 Å². The lowest BCUT2D eigenvalue weighted by Crippen LogP contribution is -2.40. The van der Waals surface area contributed by atoms with E-state index in [0.717, 1.165) is 28.7 Å². The van der Waals surface area contributed by atoms with Crippen molar-refractivity contribution in [1.82, 2.24) is 4.90 Å². The molecule has 148 valence electrons. The molecule has 0 spiro atoms. The SMILES string of the molecule is O=C(c1ccc(-c2ccccc2)cc1)N1CCc2sccc2[C@H]1c1ccc(F)cc1. The number of nitrogens with zero attached hydrogens (tertiary/aromatic N) is 1. The maximum absolute atomic E-state index is 13.5. The van der Waals surface area contributed by atoms with Crippen LogP contribution in [0.4, 0.5) is 4.39 Å². The van der Waals surface area contributed by atoms with Gasteiger partial charge in [-0.15, -0.1) is 11.3 Å². The Bertz CT molecular complexity index is 1170. The predicted octanol–water partition coefficient (Wildman–Crippen LogP) is 6.34. The highest BCUT2D eigenvalue weighted by Gasteiger charge is 2.33. The van der Waals surface area contributed by atoms with Crippen molar-refractivity contribution >= 4 is 17.2 Å². The van der Waals surface area contributed by atoms with Crippen LogP contribution in [-0.2, 0) is 6.42 Å². The molecule has 0 saturated carbocycles. The monoisotopic (exact) mass is 413 g/mol. The highest BCUT2D eigenvalue weighted by Crippen LogP contribution is 2.38. The second-order valence-corrected chi connectivity index (χ2v) is 8.45. The Morgan fingerprint density at radius 3 is 2.30 bits per heavy atom. The fraction of sp³-hybridized carbons (Fsp3) is 0.115. The third kappa shape index (κ3) is 3.44. The summed E-state index contributed by atoms with van der Waals surface area (Å²) in [7, 11) is 0. The maximum Gasteiger partial charge on any atom is 0.254 e. The van der Waals surface area contributed by atoms with E-state index in [1.54, 1.807) is 23.5 Å². The molecule has 1 aliphatic heterocycles. The molecule has 1 aromatic heterocycles. The molecule has 4 heteroatoms. The standard InChI is InChI=1S/C26H20FNOS/c27-22-12-10-20(11-13-22)25-23-15-17-30-24(23)14-16-28(25)26(29)21-8-6-19(7-9-21)18-4-2-1-3-5-18/h1-13,15,17,25H,14,16H2/t25-/m1/s1. The predicted molar refractivity (Wildman–Crippen MR) is 119 cm³/mol. The molecule has 0 N–H and O–H groups in total. The van der Waals surface area contributed by atoms with Crippen LogP contribution in [0.25, 0.3) is 11.1 Å². The van der Waals surface area contributed by atoms with Crippen molar-refractivity contribution in [3.05, 3.63) is 118 Å². The van der Waals surface area contributed by atoms with E-state index in [0.29, 0.717) is 12.1 Å². The Morgan fingerprint density at radius 1 is 0.867 bits per heavy atom. The van der Waals surface area contributed by atoms with Gasteiger partial charge in [0.25, 0.3) is 5.91 Å². The highest BCUT2D eigenvalue weighted by molar-refractivity contribution is 7.10. The quantitative estimate of drug-likeness (QED) is 0.384. The number of hydrogen-bond acceptors (Lipinski definition) is 2. The van der Waals surface area contributed by atoms with E-state index >= 15 is 0 Å². The topological polar surface area (TPSA) is 20.3 Å². The third-order valence-electron chi connectivity index (χ3n) is 5.65. The van der Waals surface area contributed by atoms with Gasteiger partial charge < -0.3 is 4.90 Å². The molecule has 1 atom stereocenters. The summed E-state index contributed by atoms with van der Waals surface area (Å²) in [6.45, 7) is 0.648. The molecule has 2 nitrogen and oxygen atoms in total. The number of rotatable bonds is 3. The smallest absolute Gasteiger partial charge is 0.254 e. The molecule has 30 heavy (non-hydrogen) atoms. The van der Waals surface area contributed by atoms with E-state index in [1.807, 2.05) is 47.4 Å². The molecule has 0 radical (unpaired) electrons. The summed E-state index contributed by atoms with van der Waals surface area (Å²) in [5.74, 6) is -0.268. The second kappa shape index (κ2) is 7.88. The summed E-state index contributed by atoms with van der Waals surface area (Å²) >= 11 is 1.72. The van der Waals surface area contributed by atoms with Gasteiger partial charge in [0.05, 0.1) is 6.04 Å². The summed E-state index contributed by atoms with van der Waals surface area (Å²) in [4.78, 5) is 16.7. The van der Waals surface area contributed by atoms with Gasteiger partial charge in [-0.3, -0.25) is 4.79 Å². The molecule has 0 fully saturated rings. The van der Waals surface area contributed by atoms with E-state index in [4.69, 9.17) is 0 Å². The molecule has 0 saturated heterocycles. The molecule has 1 aliphatic rings. The Balaban J connectivity index is 1.48. The summed E-state index contributed by atoms with van der Waals surface area (Å²) in [5.41, 5.74) is 4.96. The first-order valence-corrected chi connectivity index (χ1v) is 10.9. The minimum absolute atomic E-state index is 0.000728. The lowest BCUT2D eigenvalue weighted by atomic mass is 9.92. The minimum Gasteiger partial charge on any atom is -0.327 e. The fourth-order valence-corrected chi connectivity index (χ4v) is 5.05. The van der Waals surface area contributed by atoms with Gasteiger partial charge >= 0.3 is 0 Å². The number of hydrogen-bond donors (Lipinski definition) is 0. The minimum atomic E-state index is -0.269. The number of halogens is 1. The fourth-order valence-electron chi connectivity index (χ4n) is 4.14. The van der Waals surface area contributed by atoms with Gasteiger partial charge in [-0.05, 0) is 64.4 Å². The Labute approximate surface area is 179 Å². The lowest BCUT2D eigenvalue weighted by Gasteiger charge is -2.36. The van der Waals surface area contributed by atoms with Gasteiger partial charge in [0, 0.05) is 17.0 Å². The van der Waals surface area contributed by atoms with Gasteiger partial charge in [-0.25, -0.2) is 4.39 Å². The van der Waals surface area contributed by atoms with Crippen LogP contribution in [0.15, 0.2) is 90.3 Å². The van der Waals surface area contributed by atoms with Gasteiger partial charge in [-0.1, -0.05) is 54.6 Å². The van der Waals surface area contributed by atoms with Crippen LogP contribution < -0.4 is 0 Å². The van der Waals surface area contributed by atoms with Crippen LogP contribution in [0.2, 0.25) is 0 Å². The number of carbonyl (C=O) groups is 1. The van der Waals surface area contributed by atoms with E-state index < -0.39 is 0 Å². The van der Waals surface area contributed by atoms with E-state index in [9.17, 15) is 9.18 Å². The van der Waals surface area contributed by atoms with Crippen molar-refractivity contribution in [2.75, 3.05) is 6.54 Å². The summed E-state index contributed by atoms with van der Waals surface area (Å²) in [5, 5.41) is 2.07. The molecular weight excluding hydrogens is 393 g/mol. The first-order chi connectivity index (χ1) is 14.7. The first-order valence-electron chi connectivity index (χ1n) is 9.99. The van der Waals surface area contributed by atoms with Crippen molar-refractivity contribution in [1.29, 1.82) is 0 Å². The molecule has 2 heterocycles. The largest absolute Gasteiger partial charge is 0.327 e. The highest BCUT2D eigenvalue weighted by atomic mass is 32.1. The average molecular weight is 414 g/mol. The number of benzene rings is 3. The number of thiophene rings is 1. The maximum atomic E-state index is 13.5. The normalized spacial score (nSPS) is 15.6. The summed E-state index contributed by atoms with van der Waals surface area (Å²) in [6, 6.07) is 26.3. The van der Waals surface area contributed by atoms with E-state index in [1.165, 1.54) is 17.0 Å². The molecule has 0 unspecified atom stereocenters. The average Bonchev–Trinajstić information content (AvgIpc) is 3.28. The van der Waals surface area contributed by atoms with Gasteiger partial charge in [0.1, 0.15) is 5.82 Å². The second-order valence-electron chi connectivity index (χ2n) is 7.45. The van der Waals surface area contributed by atoms with Crippen molar-refractivity contribution < 1.29 is 9.18 Å². The van der Waals surface area contributed by atoms with Crippen LogP contribution in [-0.4, -0.2) is 17.4 Å². The molecule has 0 bridgehead atoms. The zero-order valence-electron chi connectivity index (χ0n) is 16.3.